The largest absolute Gasteiger partial charge is 0.478 e. The Labute approximate surface area is 101 Å². The quantitative estimate of drug-likeness (QED) is 0.806. The third-order valence-corrected chi connectivity index (χ3v) is 3.58. The number of hydrogen-bond acceptors (Lipinski definition) is 1. The molecule has 2 aromatic carbocycles. The Morgan fingerprint density at radius 1 is 1.00 bits per heavy atom. The van der Waals surface area contributed by atoms with Crippen molar-refractivity contribution in [3.05, 3.63) is 46.0 Å². The van der Waals surface area contributed by atoms with Crippen molar-refractivity contribution in [1.29, 1.82) is 0 Å². The first-order valence-corrected chi connectivity index (χ1v) is 5.67. The zero-order chi connectivity index (χ0) is 12.7. The second-order valence-electron chi connectivity index (χ2n) is 4.55. The van der Waals surface area contributed by atoms with Gasteiger partial charge in [-0.3, -0.25) is 0 Å². The van der Waals surface area contributed by atoms with Crippen molar-refractivity contribution in [2.75, 3.05) is 0 Å². The fraction of sp³-hybridized carbons (Fsp3) is 0.267. The second-order valence-corrected chi connectivity index (χ2v) is 4.55. The van der Waals surface area contributed by atoms with Gasteiger partial charge in [0.15, 0.2) is 0 Å². The van der Waals surface area contributed by atoms with E-state index in [9.17, 15) is 9.90 Å². The molecule has 88 valence electrons. The second kappa shape index (κ2) is 3.88. The molecule has 0 heterocycles. The maximum Gasteiger partial charge on any atom is 0.336 e. The molecule has 0 aliphatic rings. The van der Waals surface area contributed by atoms with Crippen molar-refractivity contribution in [3.8, 4) is 0 Å². The number of benzene rings is 2. The number of rotatable bonds is 1. The number of aromatic carboxylic acids is 1. The average molecular weight is 228 g/mol. The van der Waals surface area contributed by atoms with Crippen molar-refractivity contribution in [3.63, 3.8) is 0 Å². The van der Waals surface area contributed by atoms with Gasteiger partial charge in [0.05, 0.1) is 5.56 Å². The molecule has 0 atom stereocenters. The van der Waals surface area contributed by atoms with Crippen LogP contribution in [-0.4, -0.2) is 11.1 Å². The van der Waals surface area contributed by atoms with E-state index in [1.54, 1.807) is 0 Å². The predicted octanol–water partition coefficient (Wildman–Crippen LogP) is 3.77. The van der Waals surface area contributed by atoms with Crippen LogP contribution in [0.25, 0.3) is 10.8 Å². The molecule has 2 nitrogen and oxygen atoms in total. The Morgan fingerprint density at radius 2 is 1.65 bits per heavy atom. The molecule has 0 saturated carbocycles. The van der Waals surface area contributed by atoms with Crippen LogP contribution in [0.1, 0.15) is 32.6 Å². The van der Waals surface area contributed by atoms with Crippen LogP contribution in [0.2, 0.25) is 0 Å². The molecule has 1 N–H and O–H groups in total. The minimum atomic E-state index is -0.840. The van der Waals surface area contributed by atoms with Gasteiger partial charge in [-0.1, -0.05) is 18.2 Å². The third-order valence-electron chi connectivity index (χ3n) is 3.58. The van der Waals surface area contributed by atoms with Gasteiger partial charge in [0, 0.05) is 0 Å². The Hall–Kier alpha value is -1.83. The lowest BCUT2D eigenvalue weighted by molar-refractivity contribution is 0.0695. The standard InChI is InChI=1S/C15H16O2/c1-8-6-5-7-12-9(2)10(3)14(15(16)17)11(4)13(8)12/h5-7H,1-4H3,(H,16,17). The Balaban J connectivity index is 3.07. The Bertz CT molecular complexity index is 625. The topological polar surface area (TPSA) is 37.3 Å². The number of fused-ring (bicyclic) bond motifs is 1. The van der Waals surface area contributed by atoms with Gasteiger partial charge in [0.2, 0.25) is 0 Å². The molecule has 0 aliphatic carbocycles. The van der Waals surface area contributed by atoms with Crippen LogP contribution in [0.4, 0.5) is 0 Å². The van der Waals surface area contributed by atoms with Crippen LogP contribution in [0.5, 0.6) is 0 Å². The van der Waals surface area contributed by atoms with Crippen LogP contribution in [-0.2, 0) is 0 Å². The van der Waals surface area contributed by atoms with Crippen LogP contribution < -0.4 is 0 Å². The van der Waals surface area contributed by atoms with Crippen LogP contribution in [0.3, 0.4) is 0 Å². The molecule has 2 rings (SSSR count). The highest BCUT2D eigenvalue weighted by molar-refractivity contribution is 6.02. The summed E-state index contributed by atoms with van der Waals surface area (Å²) in [5.74, 6) is -0.840. The summed E-state index contributed by atoms with van der Waals surface area (Å²) in [6.45, 7) is 7.79. The molecule has 2 heteroatoms. The molecule has 0 fully saturated rings. The van der Waals surface area contributed by atoms with Crippen LogP contribution >= 0.6 is 0 Å². The minimum absolute atomic E-state index is 0.448. The maximum absolute atomic E-state index is 11.3. The van der Waals surface area contributed by atoms with Crippen molar-refractivity contribution in [2.45, 2.75) is 27.7 Å². The normalized spacial score (nSPS) is 10.8. The summed E-state index contributed by atoms with van der Waals surface area (Å²) in [6.07, 6.45) is 0. The highest BCUT2D eigenvalue weighted by Crippen LogP contribution is 2.31. The van der Waals surface area contributed by atoms with Crippen molar-refractivity contribution >= 4 is 16.7 Å². The molecule has 2 aromatic rings. The van der Waals surface area contributed by atoms with E-state index in [1.807, 2.05) is 39.8 Å². The van der Waals surface area contributed by atoms with Gasteiger partial charge >= 0.3 is 5.97 Å². The van der Waals surface area contributed by atoms with Gasteiger partial charge in [-0.2, -0.15) is 0 Å². The molecule has 0 bridgehead atoms. The maximum atomic E-state index is 11.3. The van der Waals surface area contributed by atoms with E-state index >= 15 is 0 Å². The van der Waals surface area contributed by atoms with E-state index < -0.39 is 5.97 Å². The molecule has 0 unspecified atom stereocenters. The van der Waals surface area contributed by atoms with Crippen molar-refractivity contribution in [1.82, 2.24) is 0 Å². The van der Waals surface area contributed by atoms with E-state index in [2.05, 4.69) is 6.07 Å². The summed E-state index contributed by atoms with van der Waals surface area (Å²) in [5.41, 5.74) is 4.38. The monoisotopic (exact) mass is 228 g/mol. The van der Waals surface area contributed by atoms with E-state index in [0.717, 1.165) is 33.0 Å². The van der Waals surface area contributed by atoms with E-state index in [1.165, 1.54) is 0 Å². The zero-order valence-corrected chi connectivity index (χ0v) is 10.6. The first-order valence-electron chi connectivity index (χ1n) is 5.67. The fourth-order valence-electron chi connectivity index (χ4n) is 2.59. The summed E-state index contributed by atoms with van der Waals surface area (Å²) in [7, 11) is 0. The van der Waals surface area contributed by atoms with Gasteiger partial charge in [-0.05, 0) is 60.7 Å². The van der Waals surface area contributed by atoms with Crippen molar-refractivity contribution < 1.29 is 9.90 Å². The van der Waals surface area contributed by atoms with Gasteiger partial charge in [-0.15, -0.1) is 0 Å². The highest BCUT2D eigenvalue weighted by Gasteiger charge is 2.17. The molecule has 0 saturated heterocycles. The van der Waals surface area contributed by atoms with Gasteiger partial charge in [0.1, 0.15) is 0 Å². The molecule has 0 aliphatic heterocycles. The summed E-state index contributed by atoms with van der Waals surface area (Å²) in [6, 6.07) is 6.10. The number of aryl methyl sites for hydroxylation is 3. The SMILES string of the molecule is Cc1c(C(=O)O)c(C)c2c(C)cccc2c1C. The summed E-state index contributed by atoms with van der Waals surface area (Å²) in [5, 5.41) is 11.6. The van der Waals surface area contributed by atoms with Gasteiger partial charge in [0.25, 0.3) is 0 Å². The lowest BCUT2D eigenvalue weighted by Crippen LogP contribution is -2.06. The van der Waals surface area contributed by atoms with E-state index in [-0.39, 0.29) is 0 Å². The highest BCUT2D eigenvalue weighted by atomic mass is 16.4. The summed E-state index contributed by atoms with van der Waals surface area (Å²) >= 11 is 0. The first-order chi connectivity index (χ1) is 7.95. The average Bonchev–Trinajstić information content (AvgIpc) is 2.25. The minimum Gasteiger partial charge on any atom is -0.478 e. The molecule has 0 aromatic heterocycles. The predicted molar refractivity (Wildman–Crippen MR) is 69.9 cm³/mol. The van der Waals surface area contributed by atoms with E-state index in [0.29, 0.717) is 5.56 Å². The Kier molecular flexibility index (Phi) is 2.66. The fourth-order valence-corrected chi connectivity index (χ4v) is 2.59. The molecule has 0 amide bonds. The number of carboxylic acid groups (broad SMARTS) is 1. The third kappa shape index (κ3) is 1.60. The van der Waals surface area contributed by atoms with Crippen LogP contribution in [0, 0.1) is 27.7 Å². The van der Waals surface area contributed by atoms with Crippen LogP contribution in [0.15, 0.2) is 18.2 Å². The lowest BCUT2D eigenvalue weighted by Gasteiger charge is -2.15. The number of hydrogen-bond donors (Lipinski definition) is 1. The molecule has 0 radical (unpaired) electrons. The first kappa shape index (κ1) is 11.6. The summed E-state index contributed by atoms with van der Waals surface area (Å²) in [4.78, 5) is 11.3. The smallest absolute Gasteiger partial charge is 0.336 e. The molecule has 0 spiro atoms. The van der Waals surface area contributed by atoms with Crippen molar-refractivity contribution in [2.24, 2.45) is 0 Å². The number of carboxylic acids is 1. The molecular formula is C15H16O2. The van der Waals surface area contributed by atoms with Gasteiger partial charge in [-0.25, -0.2) is 4.79 Å². The summed E-state index contributed by atoms with van der Waals surface area (Å²) < 4.78 is 0. The zero-order valence-electron chi connectivity index (χ0n) is 10.6. The molecule has 17 heavy (non-hydrogen) atoms. The van der Waals surface area contributed by atoms with Gasteiger partial charge < -0.3 is 5.11 Å². The Morgan fingerprint density at radius 3 is 2.24 bits per heavy atom. The molecular weight excluding hydrogens is 212 g/mol. The number of carbonyl (C=O) groups is 1. The lowest BCUT2D eigenvalue weighted by atomic mass is 9.89. The van der Waals surface area contributed by atoms with E-state index in [4.69, 9.17) is 0 Å².